The van der Waals surface area contributed by atoms with Crippen LogP contribution in [0.3, 0.4) is 0 Å². The molecular weight excluding hydrogens is 202 g/mol. The van der Waals surface area contributed by atoms with Gasteiger partial charge in [-0.05, 0) is 25.8 Å². The van der Waals surface area contributed by atoms with Gasteiger partial charge in [-0.15, -0.1) is 0 Å². The topological polar surface area (TPSA) is 55.4 Å². The van der Waals surface area contributed by atoms with Crippen molar-refractivity contribution in [3.8, 4) is 0 Å². The number of methoxy groups -OCH3 is 1. The molecule has 0 heterocycles. The summed E-state index contributed by atoms with van der Waals surface area (Å²) in [5, 5.41) is 3.29. The first-order valence-corrected chi connectivity index (χ1v) is 6.89. The van der Waals surface area contributed by atoms with Gasteiger partial charge >= 0.3 is 0 Å². The monoisotopic (exact) mass is 221 g/mol. The quantitative estimate of drug-likeness (QED) is 0.594. The molecule has 4 nitrogen and oxygen atoms in total. The van der Waals surface area contributed by atoms with E-state index in [1.807, 2.05) is 0 Å². The van der Waals surface area contributed by atoms with Crippen LogP contribution < -0.4 is 5.32 Å². The molecule has 0 saturated heterocycles. The summed E-state index contributed by atoms with van der Waals surface area (Å²) in [4.78, 5) is 0. The highest BCUT2D eigenvalue weighted by Crippen LogP contribution is 2.18. The molecule has 0 unspecified atom stereocenters. The van der Waals surface area contributed by atoms with Crippen LogP contribution in [0.15, 0.2) is 0 Å². The van der Waals surface area contributed by atoms with Gasteiger partial charge in [-0.25, -0.2) is 8.42 Å². The van der Waals surface area contributed by atoms with Crippen molar-refractivity contribution in [2.45, 2.75) is 25.3 Å². The number of sulfone groups is 1. The molecule has 0 bridgehead atoms. The van der Waals surface area contributed by atoms with Gasteiger partial charge in [0, 0.05) is 13.2 Å². The highest BCUT2D eigenvalue weighted by atomic mass is 32.2. The lowest BCUT2D eigenvalue weighted by atomic mass is 10.5. The maximum atomic E-state index is 11.3. The number of ether oxygens (including phenoxy) is 1. The Morgan fingerprint density at radius 3 is 2.64 bits per heavy atom. The van der Waals surface area contributed by atoms with Gasteiger partial charge in [-0.2, -0.15) is 0 Å². The van der Waals surface area contributed by atoms with E-state index >= 15 is 0 Å². The van der Waals surface area contributed by atoms with Crippen LogP contribution in [0.25, 0.3) is 0 Å². The van der Waals surface area contributed by atoms with Crippen LogP contribution in [0, 0.1) is 0 Å². The molecule has 1 aliphatic rings. The highest BCUT2D eigenvalue weighted by Gasteiger charge is 2.20. The van der Waals surface area contributed by atoms with Crippen molar-refractivity contribution in [1.82, 2.24) is 5.32 Å². The number of nitrogens with one attached hydrogen (secondary N) is 1. The third kappa shape index (κ3) is 5.57. The molecule has 0 radical (unpaired) electrons. The zero-order chi connectivity index (χ0) is 10.4. The van der Waals surface area contributed by atoms with Crippen LogP contribution in [-0.4, -0.2) is 46.2 Å². The molecule has 1 fully saturated rings. The van der Waals surface area contributed by atoms with Crippen molar-refractivity contribution in [2.24, 2.45) is 0 Å². The van der Waals surface area contributed by atoms with Gasteiger partial charge in [0.2, 0.25) is 0 Å². The fourth-order valence-electron chi connectivity index (χ4n) is 1.20. The number of hydrogen-bond donors (Lipinski definition) is 1. The molecule has 14 heavy (non-hydrogen) atoms. The first kappa shape index (κ1) is 11.9. The van der Waals surface area contributed by atoms with Gasteiger partial charge in [-0.1, -0.05) is 0 Å². The average Bonchev–Trinajstić information content (AvgIpc) is 2.93. The molecule has 0 spiro atoms. The Kier molecular flexibility index (Phi) is 4.84. The Labute approximate surface area is 85.9 Å². The van der Waals surface area contributed by atoms with Crippen molar-refractivity contribution in [3.63, 3.8) is 0 Å². The van der Waals surface area contributed by atoms with Gasteiger partial charge in [0.1, 0.15) is 0 Å². The van der Waals surface area contributed by atoms with Crippen LogP contribution in [0.5, 0.6) is 0 Å². The van der Waals surface area contributed by atoms with Crippen LogP contribution in [0.1, 0.15) is 19.3 Å². The minimum Gasteiger partial charge on any atom is -0.384 e. The molecule has 0 aliphatic heterocycles. The first-order chi connectivity index (χ1) is 6.64. The molecule has 1 aliphatic carbocycles. The van der Waals surface area contributed by atoms with E-state index in [0.29, 0.717) is 19.1 Å². The van der Waals surface area contributed by atoms with Crippen molar-refractivity contribution in [2.75, 3.05) is 31.8 Å². The van der Waals surface area contributed by atoms with Crippen molar-refractivity contribution < 1.29 is 13.2 Å². The molecule has 1 saturated carbocycles. The SMILES string of the molecule is COCCS(=O)(=O)CCCNC1CC1. The molecule has 0 amide bonds. The largest absolute Gasteiger partial charge is 0.384 e. The zero-order valence-electron chi connectivity index (χ0n) is 8.66. The summed E-state index contributed by atoms with van der Waals surface area (Å²) in [6, 6.07) is 0.664. The summed E-state index contributed by atoms with van der Waals surface area (Å²) in [5.74, 6) is 0.420. The summed E-state index contributed by atoms with van der Waals surface area (Å²) < 4.78 is 27.4. The van der Waals surface area contributed by atoms with Gasteiger partial charge in [0.25, 0.3) is 0 Å². The molecule has 84 valence electrons. The zero-order valence-corrected chi connectivity index (χ0v) is 9.48. The van der Waals surface area contributed by atoms with E-state index < -0.39 is 9.84 Å². The summed E-state index contributed by atoms with van der Waals surface area (Å²) in [5.41, 5.74) is 0. The Bertz CT molecular complexity index is 247. The predicted molar refractivity (Wildman–Crippen MR) is 56.2 cm³/mol. The Balaban J connectivity index is 2.02. The minimum atomic E-state index is -2.89. The summed E-state index contributed by atoms with van der Waals surface area (Å²) >= 11 is 0. The lowest BCUT2D eigenvalue weighted by Crippen LogP contribution is -2.22. The second-order valence-electron chi connectivity index (χ2n) is 3.73. The maximum absolute atomic E-state index is 11.3. The Morgan fingerprint density at radius 2 is 2.07 bits per heavy atom. The van der Waals surface area contributed by atoms with Crippen molar-refractivity contribution >= 4 is 9.84 Å². The normalized spacial score (nSPS) is 17.2. The Morgan fingerprint density at radius 1 is 1.36 bits per heavy atom. The smallest absolute Gasteiger partial charge is 0.152 e. The molecule has 1 N–H and O–H groups in total. The van der Waals surface area contributed by atoms with Crippen molar-refractivity contribution in [1.29, 1.82) is 0 Å². The van der Waals surface area contributed by atoms with E-state index in [1.165, 1.54) is 20.0 Å². The molecule has 5 heteroatoms. The lowest BCUT2D eigenvalue weighted by molar-refractivity contribution is 0.217. The lowest BCUT2D eigenvalue weighted by Gasteiger charge is -2.04. The third-order valence-corrected chi connectivity index (χ3v) is 3.94. The molecule has 0 atom stereocenters. The highest BCUT2D eigenvalue weighted by molar-refractivity contribution is 7.91. The number of hydrogen-bond acceptors (Lipinski definition) is 4. The van der Waals surface area contributed by atoms with E-state index in [1.54, 1.807) is 0 Å². The van der Waals surface area contributed by atoms with Gasteiger partial charge in [-0.3, -0.25) is 0 Å². The molecule has 0 aromatic heterocycles. The predicted octanol–water partition coefficient (Wildman–Crippen LogP) is 0.190. The average molecular weight is 221 g/mol. The van der Waals surface area contributed by atoms with Crippen molar-refractivity contribution in [3.05, 3.63) is 0 Å². The summed E-state index contributed by atoms with van der Waals surface area (Å²) in [6.45, 7) is 1.12. The van der Waals surface area contributed by atoms with Gasteiger partial charge < -0.3 is 10.1 Å². The fourth-order valence-corrected chi connectivity index (χ4v) is 2.41. The van der Waals surface area contributed by atoms with Gasteiger partial charge in [0.15, 0.2) is 9.84 Å². The van der Waals surface area contributed by atoms with E-state index in [2.05, 4.69) is 5.32 Å². The number of rotatable bonds is 8. The minimum absolute atomic E-state index is 0.146. The third-order valence-electron chi connectivity index (χ3n) is 2.24. The van der Waals surface area contributed by atoms with E-state index in [9.17, 15) is 8.42 Å². The second kappa shape index (κ2) is 5.68. The van der Waals surface area contributed by atoms with Crippen LogP contribution in [0.2, 0.25) is 0 Å². The summed E-state index contributed by atoms with van der Waals surface area (Å²) in [6.07, 6.45) is 3.20. The van der Waals surface area contributed by atoms with E-state index in [0.717, 1.165) is 6.54 Å². The Hall–Kier alpha value is -0.130. The van der Waals surface area contributed by atoms with Gasteiger partial charge in [0.05, 0.1) is 18.1 Å². The molecule has 0 aromatic carbocycles. The fraction of sp³-hybridized carbons (Fsp3) is 1.00. The van der Waals surface area contributed by atoms with E-state index in [4.69, 9.17) is 4.74 Å². The molecular formula is C9H19NO3S. The van der Waals surface area contributed by atoms with E-state index in [-0.39, 0.29) is 11.5 Å². The molecule has 1 rings (SSSR count). The maximum Gasteiger partial charge on any atom is 0.152 e. The van der Waals surface area contributed by atoms with Crippen LogP contribution in [0.4, 0.5) is 0 Å². The first-order valence-electron chi connectivity index (χ1n) is 5.07. The molecule has 0 aromatic rings. The second-order valence-corrected chi connectivity index (χ2v) is 6.03. The standard InChI is InChI=1S/C9H19NO3S/c1-13-6-8-14(11,12)7-2-5-10-9-3-4-9/h9-10H,2-8H2,1H3. The van der Waals surface area contributed by atoms with Crippen LogP contribution >= 0.6 is 0 Å². The van der Waals surface area contributed by atoms with Crippen LogP contribution in [-0.2, 0) is 14.6 Å². The summed E-state index contributed by atoms with van der Waals surface area (Å²) in [7, 11) is -1.37.